The van der Waals surface area contributed by atoms with E-state index in [1.165, 1.54) is 0 Å². The number of hydrogen-bond donors (Lipinski definition) is 1. The molecule has 7 heteroatoms. The van der Waals surface area contributed by atoms with E-state index < -0.39 is 0 Å². The molecule has 2 heterocycles. The minimum Gasteiger partial charge on any atom is -0.392 e. The number of carbonyl (C=O) groups is 1. The van der Waals surface area contributed by atoms with Crippen LogP contribution < -0.4 is 5.73 Å². The first kappa shape index (κ1) is 15.9. The topological polar surface area (TPSA) is 67.4 Å². The molecule has 1 aliphatic rings. The number of nitrogens with zero attached hydrogens (tertiary/aromatic N) is 4. The van der Waals surface area contributed by atoms with E-state index in [1.54, 1.807) is 16.9 Å². The van der Waals surface area contributed by atoms with E-state index in [0.29, 0.717) is 23.8 Å². The molecule has 0 spiro atoms. The summed E-state index contributed by atoms with van der Waals surface area (Å²) >= 11 is 5.17. The van der Waals surface area contributed by atoms with E-state index in [1.807, 2.05) is 11.9 Å². The van der Waals surface area contributed by atoms with E-state index in [2.05, 4.69) is 16.9 Å². The molecule has 1 saturated heterocycles. The Bertz CT molecular complexity index is 507. The molecule has 1 unspecified atom stereocenters. The molecule has 21 heavy (non-hydrogen) atoms. The first-order chi connectivity index (χ1) is 10.0. The van der Waals surface area contributed by atoms with Crippen LogP contribution in [-0.2, 0) is 7.05 Å². The Morgan fingerprint density at radius 3 is 2.57 bits per heavy atom. The van der Waals surface area contributed by atoms with Crippen LogP contribution in [0.1, 0.15) is 30.3 Å². The number of thiocarbonyl (C=S) groups is 1. The molecule has 1 atom stereocenters. The third kappa shape index (κ3) is 3.79. The standard InChI is InChI=1S/C14H23N5OS/c1-3-4-12(13(15)21)18-7-9-19(10-8-18)14(20)11-5-6-17(2)16-11/h5-6,12H,3-4,7-10H2,1-2H3,(H2,15,21). The van der Waals surface area contributed by atoms with Crippen molar-refractivity contribution in [3.63, 3.8) is 0 Å². The molecule has 2 N–H and O–H groups in total. The first-order valence-electron chi connectivity index (χ1n) is 7.35. The highest BCUT2D eigenvalue weighted by atomic mass is 32.1. The Hall–Kier alpha value is -1.47. The summed E-state index contributed by atoms with van der Waals surface area (Å²) < 4.78 is 1.65. The monoisotopic (exact) mass is 309 g/mol. The van der Waals surface area contributed by atoms with Crippen molar-refractivity contribution in [2.45, 2.75) is 25.8 Å². The number of nitrogens with two attached hydrogens (primary N) is 1. The fourth-order valence-corrected chi connectivity index (χ4v) is 2.97. The lowest BCUT2D eigenvalue weighted by atomic mass is 10.1. The van der Waals surface area contributed by atoms with Crippen LogP contribution in [0.3, 0.4) is 0 Å². The van der Waals surface area contributed by atoms with Gasteiger partial charge in [-0.05, 0) is 12.5 Å². The summed E-state index contributed by atoms with van der Waals surface area (Å²) in [6, 6.07) is 1.90. The molecule has 6 nitrogen and oxygen atoms in total. The highest BCUT2D eigenvalue weighted by Gasteiger charge is 2.28. The van der Waals surface area contributed by atoms with Gasteiger partial charge in [0, 0.05) is 39.4 Å². The van der Waals surface area contributed by atoms with Gasteiger partial charge in [-0.15, -0.1) is 0 Å². The van der Waals surface area contributed by atoms with Crippen molar-refractivity contribution in [1.29, 1.82) is 0 Å². The quantitative estimate of drug-likeness (QED) is 0.808. The van der Waals surface area contributed by atoms with Gasteiger partial charge in [0.1, 0.15) is 5.69 Å². The average molecular weight is 309 g/mol. The largest absolute Gasteiger partial charge is 0.392 e. The Kier molecular flexibility index (Phi) is 5.30. The molecular formula is C14H23N5OS. The predicted octanol–water partition coefficient (Wildman–Crippen LogP) is 0.633. The van der Waals surface area contributed by atoms with Gasteiger partial charge in [-0.25, -0.2) is 0 Å². The zero-order valence-corrected chi connectivity index (χ0v) is 13.5. The molecule has 0 aromatic carbocycles. The maximum Gasteiger partial charge on any atom is 0.274 e. The maximum absolute atomic E-state index is 12.3. The first-order valence-corrected chi connectivity index (χ1v) is 7.76. The normalized spacial score (nSPS) is 17.7. The number of aryl methyl sites for hydroxylation is 1. The van der Waals surface area contributed by atoms with E-state index in [-0.39, 0.29) is 11.9 Å². The van der Waals surface area contributed by atoms with Crippen molar-refractivity contribution < 1.29 is 4.79 Å². The predicted molar refractivity (Wildman–Crippen MR) is 86.2 cm³/mol. The fourth-order valence-electron chi connectivity index (χ4n) is 2.71. The third-order valence-electron chi connectivity index (χ3n) is 3.87. The van der Waals surface area contributed by atoms with Crippen molar-refractivity contribution in [3.8, 4) is 0 Å². The van der Waals surface area contributed by atoms with Gasteiger partial charge in [-0.3, -0.25) is 14.4 Å². The van der Waals surface area contributed by atoms with Crippen molar-refractivity contribution in [2.75, 3.05) is 26.2 Å². The highest BCUT2D eigenvalue weighted by Crippen LogP contribution is 2.13. The Labute approximate surface area is 130 Å². The van der Waals surface area contributed by atoms with Crippen LogP contribution in [0.4, 0.5) is 0 Å². The van der Waals surface area contributed by atoms with Gasteiger partial charge in [-0.1, -0.05) is 25.6 Å². The third-order valence-corrected chi connectivity index (χ3v) is 4.14. The van der Waals surface area contributed by atoms with Crippen LogP contribution in [0.2, 0.25) is 0 Å². The van der Waals surface area contributed by atoms with E-state index in [0.717, 1.165) is 25.9 Å². The van der Waals surface area contributed by atoms with Crippen LogP contribution in [0, 0.1) is 0 Å². The second-order valence-electron chi connectivity index (χ2n) is 5.41. The molecule has 1 aromatic rings. The van der Waals surface area contributed by atoms with Gasteiger partial charge < -0.3 is 10.6 Å². The van der Waals surface area contributed by atoms with Crippen molar-refractivity contribution in [2.24, 2.45) is 12.8 Å². The lowest BCUT2D eigenvalue weighted by molar-refractivity contribution is 0.0602. The summed E-state index contributed by atoms with van der Waals surface area (Å²) in [6.07, 6.45) is 3.81. The van der Waals surface area contributed by atoms with Crippen LogP contribution >= 0.6 is 12.2 Å². The van der Waals surface area contributed by atoms with E-state index >= 15 is 0 Å². The van der Waals surface area contributed by atoms with Crippen LogP contribution in [0.15, 0.2) is 12.3 Å². The number of hydrogen-bond acceptors (Lipinski definition) is 4. The van der Waals surface area contributed by atoms with Gasteiger partial charge in [0.2, 0.25) is 0 Å². The summed E-state index contributed by atoms with van der Waals surface area (Å²) in [6.45, 7) is 5.13. The van der Waals surface area contributed by atoms with Gasteiger partial charge in [-0.2, -0.15) is 5.10 Å². The molecule has 0 saturated carbocycles. The molecule has 1 amide bonds. The van der Waals surface area contributed by atoms with E-state index in [9.17, 15) is 4.79 Å². The maximum atomic E-state index is 12.3. The second kappa shape index (κ2) is 7.00. The lowest BCUT2D eigenvalue weighted by Crippen LogP contribution is -2.54. The van der Waals surface area contributed by atoms with Crippen LogP contribution in [0.25, 0.3) is 0 Å². The molecule has 1 fully saturated rings. The summed E-state index contributed by atoms with van der Waals surface area (Å²) in [5, 5.41) is 4.17. The Morgan fingerprint density at radius 2 is 2.10 bits per heavy atom. The number of aromatic nitrogens is 2. The van der Waals surface area contributed by atoms with Gasteiger partial charge in [0.15, 0.2) is 0 Å². The molecule has 1 aromatic heterocycles. The van der Waals surface area contributed by atoms with Crippen molar-refractivity contribution >= 4 is 23.1 Å². The summed E-state index contributed by atoms with van der Waals surface area (Å²) in [4.78, 5) is 17.0. The second-order valence-corrected chi connectivity index (χ2v) is 5.88. The smallest absolute Gasteiger partial charge is 0.274 e. The van der Waals surface area contributed by atoms with Crippen LogP contribution in [0.5, 0.6) is 0 Å². The Morgan fingerprint density at radius 1 is 1.43 bits per heavy atom. The van der Waals surface area contributed by atoms with Crippen LogP contribution in [-0.4, -0.2) is 62.7 Å². The van der Waals surface area contributed by atoms with Crippen molar-refractivity contribution in [1.82, 2.24) is 19.6 Å². The number of amides is 1. The van der Waals surface area contributed by atoms with Gasteiger partial charge in [0.05, 0.1) is 11.0 Å². The zero-order valence-electron chi connectivity index (χ0n) is 12.7. The number of rotatable bonds is 5. The molecule has 0 aliphatic carbocycles. The fraction of sp³-hybridized carbons (Fsp3) is 0.643. The minimum absolute atomic E-state index is 0.00221. The summed E-state index contributed by atoms with van der Waals surface area (Å²) in [7, 11) is 1.81. The molecular weight excluding hydrogens is 286 g/mol. The molecule has 2 rings (SSSR count). The minimum atomic E-state index is -0.00221. The SMILES string of the molecule is CCCC(C(N)=S)N1CCN(C(=O)c2ccn(C)n2)CC1. The van der Waals surface area contributed by atoms with Gasteiger partial charge in [0.25, 0.3) is 5.91 Å². The zero-order chi connectivity index (χ0) is 15.4. The number of piperazine rings is 1. The van der Waals surface area contributed by atoms with E-state index in [4.69, 9.17) is 18.0 Å². The molecule has 0 bridgehead atoms. The summed E-state index contributed by atoms with van der Waals surface area (Å²) in [5.41, 5.74) is 6.34. The van der Waals surface area contributed by atoms with Gasteiger partial charge >= 0.3 is 0 Å². The molecule has 0 radical (unpaired) electrons. The number of carbonyl (C=O) groups excluding carboxylic acids is 1. The average Bonchev–Trinajstić information content (AvgIpc) is 2.90. The van der Waals surface area contributed by atoms with Crippen molar-refractivity contribution in [3.05, 3.63) is 18.0 Å². The molecule has 116 valence electrons. The highest BCUT2D eigenvalue weighted by molar-refractivity contribution is 7.80. The summed E-state index contributed by atoms with van der Waals surface area (Å²) in [5.74, 6) is -0.00221. The lowest BCUT2D eigenvalue weighted by Gasteiger charge is -2.38. The Balaban J connectivity index is 1.93. The molecule has 1 aliphatic heterocycles.